The normalized spacial score (nSPS) is 14.5. The van der Waals surface area contributed by atoms with Gasteiger partial charge in [-0.1, -0.05) is 157 Å². The molecule has 2 aliphatic rings. The predicted molar refractivity (Wildman–Crippen MR) is 241 cm³/mol. The van der Waals surface area contributed by atoms with E-state index in [1.54, 1.807) is 0 Å². The standard InChI is InChI=1S/C51H33N5S2/c1-4-15-33(16-5-1)47-48-50(55(37-19-8-3-9-20-37)49(52-48)34-17-6-2-7-18-34)54-51(53-47)56-40-27-25-35(30-39(40)46-38-21-11-10-14-32(38)24-28-41(46)56)36-26-29-44-45(31-36)58-43-23-13-12-22-42(43)57-44/h1-31,51,54H. The third-order valence-electron chi connectivity index (χ3n) is 11.2. The van der Waals surface area contributed by atoms with Gasteiger partial charge in [0.05, 0.1) is 16.7 Å². The van der Waals surface area contributed by atoms with Crippen molar-refractivity contribution < 1.29 is 0 Å². The first-order valence-electron chi connectivity index (χ1n) is 19.4. The molecule has 1 N–H and O–H groups in total. The van der Waals surface area contributed by atoms with Gasteiger partial charge in [0.2, 0.25) is 6.29 Å². The lowest BCUT2D eigenvalue weighted by Crippen LogP contribution is -2.26. The molecule has 0 aliphatic carbocycles. The van der Waals surface area contributed by atoms with Gasteiger partial charge in [0.1, 0.15) is 17.3 Å². The fourth-order valence-electron chi connectivity index (χ4n) is 8.57. The van der Waals surface area contributed by atoms with Crippen molar-refractivity contribution in [2.75, 3.05) is 5.32 Å². The molecule has 0 radical (unpaired) electrons. The molecule has 7 heteroatoms. The highest BCUT2D eigenvalue weighted by Gasteiger charge is 2.32. The highest BCUT2D eigenvalue weighted by molar-refractivity contribution is 8.05. The molecule has 10 aromatic rings. The van der Waals surface area contributed by atoms with Gasteiger partial charge in [-0.2, -0.15) is 0 Å². The maximum atomic E-state index is 5.59. The Balaban J connectivity index is 1.08. The van der Waals surface area contributed by atoms with Crippen LogP contribution in [0, 0.1) is 0 Å². The Kier molecular flexibility index (Phi) is 7.71. The zero-order valence-electron chi connectivity index (χ0n) is 31.1. The van der Waals surface area contributed by atoms with Gasteiger partial charge in [-0.15, -0.1) is 0 Å². The van der Waals surface area contributed by atoms with Crippen molar-refractivity contribution >= 4 is 67.6 Å². The van der Waals surface area contributed by atoms with Crippen molar-refractivity contribution in [2.45, 2.75) is 25.9 Å². The molecule has 0 saturated heterocycles. The molecule has 8 aromatic carbocycles. The van der Waals surface area contributed by atoms with Crippen LogP contribution >= 0.6 is 23.5 Å². The summed E-state index contributed by atoms with van der Waals surface area (Å²) in [7, 11) is 0. The first-order chi connectivity index (χ1) is 28.7. The van der Waals surface area contributed by atoms with Gasteiger partial charge in [-0.25, -0.2) is 9.98 Å². The molecule has 0 bridgehead atoms. The number of hydrogen-bond donors (Lipinski definition) is 1. The fourth-order valence-corrected chi connectivity index (χ4v) is 10.8. The number of rotatable bonds is 5. The van der Waals surface area contributed by atoms with E-state index >= 15 is 0 Å². The maximum Gasteiger partial charge on any atom is 0.202 e. The topological polar surface area (TPSA) is 47.1 Å². The lowest BCUT2D eigenvalue weighted by atomic mass is 10.00. The summed E-state index contributed by atoms with van der Waals surface area (Å²) < 4.78 is 4.63. The minimum absolute atomic E-state index is 0.477. The van der Waals surface area contributed by atoms with Crippen LogP contribution in [0.1, 0.15) is 17.5 Å². The second-order valence-electron chi connectivity index (χ2n) is 14.6. The summed E-state index contributed by atoms with van der Waals surface area (Å²) in [5, 5.41) is 8.79. The van der Waals surface area contributed by atoms with Crippen LogP contribution in [-0.4, -0.2) is 19.8 Å². The summed E-state index contributed by atoms with van der Waals surface area (Å²) in [4.78, 5) is 16.2. The van der Waals surface area contributed by atoms with Crippen LogP contribution in [0.25, 0.3) is 60.8 Å². The Bertz CT molecular complexity index is 3260. The van der Waals surface area contributed by atoms with Crippen LogP contribution in [-0.2, 0) is 0 Å². The third kappa shape index (κ3) is 5.35. The molecule has 4 heterocycles. The molecule has 0 amide bonds. The monoisotopic (exact) mass is 779 g/mol. The largest absolute Gasteiger partial charge is 0.330 e. The molecule has 2 aliphatic heterocycles. The summed E-state index contributed by atoms with van der Waals surface area (Å²) in [6.45, 7) is 0. The van der Waals surface area contributed by atoms with Gasteiger partial charge in [0.25, 0.3) is 0 Å². The zero-order valence-corrected chi connectivity index (χ0v) is 32.7. The van der Waals surface area contributed by atoms with E-state index in [0.717, 1.165) is 50.9 Å². The van der Waals surface area contributed by atoms with E-state index in [0.29, 0.717) is 0 Å². The smallest absolute Gasteiger partial charge is 0.202 e. The second kappa shape index (κ2) is 13.4. The summed E-state index contributed by atoms with van der Waals surface area (Å²) >= 11 is 3.71. The van der Waals surface area contributed by atoms with Crippen molar-refractivity contribution in [3.05, 3.63) is 199 Å². The van der Waals surface area contributed by atoms with Gasteiger partial charge >= 0.3 is 0 Å². The van der Waals surface area contributed by atoms with Gasteiger partial charge in [-0.3, -0.25) is 4.57 Å². The van der Waals surface area contributed by atoms with Crippen LogP contribution in [0.2, 0.25) is 0 Å². The van der Waals surface area contributed by atoms with Gasteiger partial charge in [0.15, 0.2) is 0 Å². The molecule has 58 heavy (non-hydrogen) atoms. The lowest BCUT2D eigenvalue weighted by Gasteiger charge is -2.27. The van der Waals surface area contributed by atoms with E-state index in [9.17, 15) is 0 Å². The Morgan fingerprint density at radius 3 is 1.90 bits per heavy atom. The molecule has 0 saturated carbocycles. The Morgan fingerprint density at radius 2 is 1.10 bits per heavy atom. The van der Waals surface area contributed by atoms with Crippen LogP contribution in [0.5, 0.6) is 0 Å². The number of nitrogens with one attached hydrogen (secondary N) is 1. The number of hydrogen-bond acceptors (Lipinski definition) is 5. The first kappa shape index (κ1) is 33.4. The number of anilines is 1. The first-order valence-corrected chi connectivity index (χ1v) is 21.1. The third-order valence-corrected chi connectivity index (χ3v) is 13.8. The second-order valence-corrected chi connectivity index (χ2v) is 16.8. The van der Waals surface area contributed by atoms with Crippen LogP contribution < -0.4 is 5.32 Å². The van der Waals surface area contributed by atoms with Crippen molar-refractivity contribution in [1.82, 2.24) is 14.1 Å². The van der Waals surface area contributed by atoms with E-state index in [-0.39, 0.29) is 0 Å². The van der Waals surface area contributed by atoms with E-state index in [1.165, 1.54) is 52.3 Å². The summed E-state index contributed by atoms with van der Waals surface area (Å²) in [5.74, 6) is 1.76. The Morgan fingerprint density at radius 1 is 0.483 bits per heavy atom. The van der Waals surface area contributed by atoms with E-state index in [1.807, 2.05) is 29.6 Å². The molecule has 274 valence electrons. The van der Waals surface area contributed by atoms with Crippen LogP contribution in [0.4, 0.5) is 5.82 Å². The molecule has 2 aromatic heterocycles. The van der Waals surface area contributed by atoms with Gasteiger partial charge in [0, 0.05) is 47.2 Å². The lowest BCUT2D eigenvalue weighted by molar-refractivity contribution is 0.619. The number of para-hydroxylation sites is 1. The summed E-state index contributed by atoms with van der Waals surface area (Å²) in [6, 6.07) is 67.2. The zero-order chi connectivity index (χ0) is 38.2. The molecule has 1 atom stereocenters. The predicted octanol–water partition coefficient (Wildman–Crippen LogP) is 13.5. The minimum Gasteiger partial charge on any atom is -0.330 e. The van der Waals surface area contributed by atoms with Crippen molar-refractivity contribution in [3.8, 4) is 28.2 Å². The summed E-state index contributed by atoms with van der Waals surface area (Å²) in [6.07, 6.45) is -0.477. The van der Waals surface area contributed by atoms with E-state index in [2.05, 4.69) is 196 Å². The Labute approximate surface area is 343 Å². The summed E-state index contributed by atoms with van der Waals surface area (Å²) in [5.41, 5.74) is 9.38. The molecular formula is C51H33N5S2. The van der Waals surface area contributed by atoms with Crippen LogP contribution in [0.15, 0.2) is 213 Å². The molecular weight excluding hydrogens is 747 g/mol. The molecule has 0 fully saturated rings. The van der Waals surface area contributed by atoms with E-state index < -0.39 is 6.29 Å². The van der Waals surface area contributed by atoms with Crippen LogP contribution in [0.3, 0.4) is 0 Å². The number of nitrogens with zero attached hydrogens (tertiary/aromatic N) is 4. The maximum absolute atomic E-state index is 5.59. The SMILES string of the molecule is c1ccc(C2=NC(n3c4ccc(-c5ccc6c(c5)Sc5ccccc5S6)cc4c4c5ccccc5ccc43)Nc3c2nc(-c2ccccc2)n3-c2ccccc2)cc1. The average molecular weight is 780 g/mol. The van der Waals surface area contributed by atoms with Crippen molar-refractivity contribution in [2.24, 2.45) is 4.99 Å². The highest BCUT2D eigenvalue weighted by Crippen LogP contribution is 2.50. The molecule has 12 rings (SSSR count). The molecule has 5 nitrogen and oxygen atoms in total. The van der Waals surface area contributed by atoms with Gasteiger partial charge < -0.3 is 9.88 Å². The number of benzene rings is 8. The van der Waals surface area contributed by atoms with E-state index in [4.69, 9.17) is 9.98 Å². The number of aliphatic imine (C=N–C) groups is 1. The average Bonchev–Trinajstić information content (AvgIpc) is 3.85. The quantitative estimate of drug-likeness (QED) is 0.189. The van der Waals surface area contributed by atoms with Crippen molar-refractivity contribution in [3.63, 3.8) is 0 Å². The van der Waals surface area contributed by atoms with Gasteiger partial charge in [-0.05, 0) is 76.5 Å². The number of imidazole rings is 1. The minimum atomic E-state index is -0.477. The fraction of sp³-hybridized carbons (Fsp3) is 0.0196. The Hall–Kier alpha value is -6.80. The highest BCUT2D eigenvalue weighted by atomic mass is 32.2. The number of aromatic nitrogens is 3. The molecule has 1 unspecified atom stereocenters. The molecule has 0 spiro atoms. The number of fused-ring (bicyclic) bond motifs is 8. The van der Waals surface area contributed by atoms with Crippen molar-refractivity contribution in [1.29, 1.82) is 0 Å².